The molecule has 6 aliphatic heterocycles. The summed E-state index contributed by atoms with van der Waals surface area (Å²) in [5, 5.41) is 12.3. The molecule has 0 fully saturated rings. The molecule has 0 radical (unpaired) electrons. The van der Waals surface area contributed by atoms with Crippen LogP contribution in [0.5, 0.6) is 46.0 Å². The van der Waals surface area contributed by atoms with Gasteiger partial charge in [-0.05, 0) is 197 Å². The topological polar surface area (TPSA) is 83.8 Å². The van der Waals surface area contributed by atoms with Gasteiger partial charge in [-0.3, -0.25) is 8.97 Å². The molecule has 668 valence electrons. The van der Waals surface area contributed by atoms with Crippen LogP contribution in [0.1, 0.15) is 0 Å². The Hall–Kier alpha value is -18.0. The zero-order valence-corrected chi connectivity index (χ0v) is 78.7. The van der Waals surface area contributed by atoms with Gasteiger partial charge in [0.1, 0.15) is 46.0 Å². The molecule has 21 aromatic carbocycles. The summed E-state index contributed by atoms with van der Waals surface area (Å²) in [5.74, 6) is 7.77. The Morgan fingerprint density at radius 2 is 0.431 bits per heavy atom. The standard InChI is InChI=1S/C43H25BN4O2.C42H25BN2O2.C42H25BN2S2/c1-5-15-33-28(11-1)29-23-26(47-36-17-7-8-18-37(36)48-35-16-6-4-14-32(35)45-43(47)48)21-22-34(29)46(33)27-24-40-42-41(25-27)50-39-20-10-3-13-31(39)44(42)30-12-2-9-19-38(30)49-40;2*1-6-16-34-28(11-1)29-12-2-7-17-35(29)44(34)26-21-22-37-31(23-26)30-13-3-8-18-36(30)45(37)27-24-40-42-41(25-27)47-39-20-10-5-15-33(39)43(42)32-14-4-9-19-38(32)46-40/h1-25H;2*1-25H. The number of ether oxygens (including phenoxy) is 4. The Bertz CT molecular complexity index is 9800. The Morgan fingerprint density at radius 1 is 0.174 bits per heavy atom. The minimum absolute atomic E-state index is 0.0391. The third-order valence-corrected chi connectivity index (χ3v) is 32.9. The molecule has 12 nitrogen and oxygen atoms in total. The third kappa shape index (κ3) is 11.6. The van der Waals surface area contributed by atoms with Crippen LogP contribution in [0.25, 0.3) is 171 Å². The predicted octanol–water partition coefficient (Wildman–Crippen LogP) is 26.2. The number of para-hydroxylation sites is 15. The van der Waals surface area contributed by atoms with Crippen LogP contribution >= 0.6 is 23.5 Å². The maximum atomic E-state index is 6.67. The van der Waals surface area contributed by atoms with Gasteiger partial charge < -0.3 is 41.8 Å². The van der Waals surface area contributed by atoms with Crippen molar-refractivity contribution in [3.8, 4) is 80.1 Å². The van der Waals surface area contributed by atoms with Crippen molar-refractivity contribution in [3.63, 3.8) is 0 Å². The SMILES string of the molecule is c1ccc2c(c1)Oc1cc(-n3c4ccccc4c4cc(-n5c6ccccc6c6ccccc65)ccc43)cc3c1B2c1ccccc1O3.c1ccc2c(c1)Oc1cc(-n3c4ccccc4c4cc(-n5c6ccccc6n6c7ccccc7nc56)ccc43)cc3c1B2c1ccccc1O3.c1ccc2c(c1)Sc1cc(-n3c4ccccc4c4cc(-n5c6ccccc6c6ccccc65)ccc43)cc3c1B2c1ccccc1S3. The van der Waals surface area contributed by atoms with E-state index in [0.717, 1.165) is 146 Å². The second-order valence-corrected chi connectivity index (χ2v) is 40.3. The molecule has 28 aromatic rings. The number of nitrogens with zero attached hydrogens (tertiary/aromatic N) is 8. The molecule has 0 spiro atoms. The number of hydrogen-bond acceptors (Lipinski definition) is 7. The molecule has 0 atom stereocenters. The third-order valence-electron chi connectivity index (χ3n) is 30.6. The smallest absolute Gasteiger partial charge is 0.260 e. The lowest BCUT2D eigenvalue weighted by Gasteiger charge is -2.33. The highest BCUT2D eigenvalue weighted by molar-refractivity contribution is 8.01. The largest absolute Gasteiger partial charge is 0.458 e. The van der Waals surface area contributed by atoms with Crippen molar-refractivity contribution in [2.45, 2.75) is 19.6 Å². The molecule has 0 saturated heterocycles. The molecule has 0 saturated carbocycles. The summed E-state index contributed by atoms with van der Waals surface area (Å²) in [6.07, 6.45) is 0. The first kappa shape index (κ1) is 79.9. The van der Waals surface area contributed by atoms with E-state index in [4.69, 9.17) is 23.9 Å². The lowest BCUT2D eigenvalue weighted by molar-refractivity contribution is 0.463. The Balaban J connectivity index is 0.0000000967. The van der Waals surface area contributed by atoms with Crippen LogP contribution in [0.15, 0.2) is 475 Å². The lowest BCUT2D eigenvalue weighted by atomic mass is 9.35. The molecule has 7 aromatic heterocycles. The molecule has 0 N–H and O–H groups in total. The van der Waals surface area contributed by atoms with Crippen LogP contribution in [0.4, 0.5) is 0 Å². The Kier molecular flexibility index (Phi) is 17.0. The average molecular weight is 1870 g/mol. The van der Waals surface area contributed by atoms with Gasteiger partial charge in [0.15, 0.2) is 0 Å². The molecule has 0 aliphatic carbocycles. The molecule has 34 rings (SSSR count). The summed E-state index contributed by atoms with van der Waals surface area (Å²) in [6, 6.07) is 164. The van der Waals surface area contributed by atoms with Gasteiger partial charge in [-0.15, -0.1) is 0 Å². The molecule has 144 heavy (non-hydrogen) atoms. The van der Waals surface area contributed by atoms with E-state index < -0.39 is 0 Å². The fraction of sp³-hybridized carbons (Fsp3) is 0. The van der Waals surface area contributed by atoms with Crippen molar-refractivity contribution in [2.75, 3.05) is 0 Å². The highest BCUT2D eigenvalue weighted by Crippen LogP contribution is 2.49. The van der Waals surface area contributed by atoms with Gasteiger partial charge in [-0.25, -0.2) is 4.98 Å². The Morgan fingerprint density at radius 3 is 0.792 bits per heavy atom. The number of aromatic nitrogens is 8. The van der Waals surface area contributed by atoms with E-state index in [1.165, 1.54) is 140 Å². The van der Waals surface area contributed by atoms with E-state index in [9.17, 15) is 0 Å². The van der Waals surface area contributed by atoms with Gasteiger partial charge in [0, 0.05) is 131 Å². The monoisotopic (exact) mass is 1870 g/mol. The summed E-state index contributed by atoms with van der Waals surface area (Å²) in [7, 11) is 0. The van der Waals surface area contributed by atoms with Gasteiger partial charge in [-0.1, -0.05) is 295 Å². The number of benzene rings is 21. The first-order chi connectivity index (χ1) is 71.4. The van der Waals surface area contributed by atoms with Crippen LogP contribution in [-0.2, 0) is 0 Å². The fourth-order valence-corrected chi connectivity index (χ4v) is 27.1. The fourth-order valence-electron chi connectivity index (χ4n) is 24.7. The zero-order valence-electron chi connectivity index (χ0n) is 77.1. The van der Waals surface area contributed by atoms with E-state index >= 15 is 0 Å². The van der Waals surface area contributed by atoms with Gasteiger partial charge in [0.2, 0.25) is 12.5 Å². The first-order valence-corrected chi connectivity index (χ1v) is 50.7. The van der Waals surface area contributed by atoms with Gasteiger partial charge in [0.05, 0.1) is 88.6 Å². The number of hydrogen-bond donors (Lipinski definition) is 0. The van der Waals surface area contributed by atoms with Crippen LogP contribution in [0.3, 0.4) is 0 Å². The van der Waals surface area contributed by atoms with Crippen molar-refractivity contribution in [2.24, 2.45) is 0 Å². The van der Waals surface area contributed by atoms with E-state index in [1.807, 2.05) is 53.9 Å². The molecule has 6 aliphatic rings. The zero-order chi connectivity index (χ0) is 93.8. The van der Waals surface area contributed by atoms with Crippen molar-refractivity contribution >= 4 is 230 Å². The van der Waals surface area contributed by atoms with E-state index in [2.05, 4.69) is 456 Å². The van der Waals surface area contributed by atoms with E-state index in [0.29, 0.717) is 0 Å². The Labute approximate surface area is 833 Å². The predicted molar refractivity (Wildman–Crippen MR) is 595 cm³/mol. The average Bonchev–Trinajstić information content (AvgIpc) is 1.58. The summed E-state index contributed by atoms with van der Waals surface area (Å²) in [4.78, 5) is 10.5. The number of fused-ring (bicyclic) bond motifs is 32. The van der Waals surface area contributed by atoms with Crippen LogP contribution in [0, 0.1) is 0 Å². The summed E-state index contributed by atoms with van der Waals surface area (Å²) < 4.78 is 43.2. The normalized spacial score (nSPS) is 13.1. The minimum atomic E-state index is 0.0391. The maximum absolute atomic E-state index is 6.67. The maximum Gasteiger partial charge on any atom is 0.260 e. The van der Waals surface area contributed by atoms with Gasteiger partial charge in [-0.2, -0.15) is 0 Å². The second-order valence-electron chi connectivity index (χ2n) is 38.2. The summed E-state index contributed by atoms with van der Waals surface area (Å²) >= 11 is 3.84. The lowest BCUT2D eigenvalue weighted by Crippen LogP contribution is -2.58. The highest BCUT2D eigenvalue weighted by atomic mass is 32.2. The molecule has 17 heteroatoms. The minimum Gasteiger partial charge on any atom is -0.458 e. The molecular formula is C127H75B3N8O4S2. The molecule has 0 bridgehead atoms. The summed E-state index contributed by atoms with van der Waals surface area (Å²) in [6.45, 7) is 0.351. The quantitative estimate of drug-likeness (QED) is 0.153. The van der Waals surface area contributed by atoms with Crippen LogP contribution in [-0.4, -0.2) is 56.9 Å². The van der Waals surface area contributed by atoms with E-state index in [-0.39, 0.29) is 20.1 Å². The highest BCUT2D eigenvalue weighted by Gasteiger charge is 2.44. The second kappa shape index (κ2) is 30.7. The summed E-state index contributed by atoms with van der Waals surface area (Å²) in [5.41, 5.74) is 33.8. The van der Waals surface area contributed by atoms with Crippen molar-refractivity contribution < 1.29 is 18.9 Å². The van der Waals surface area contributed by atoms with E-state index in [1.54, 1.807) is 0 Å². The van der Waals surface area contributed by atoms with Crippen LogP contribution in [0.2, 0.25) is 0 Å². The van der Waals surface area contributed by atoms with Crippen molar-refractivity contribution in [1.29, 1.82) is 0 Å². The first-order valence-electron chi connectivity index (χ1n) is 49.0. The molecule has 0 unspecified atom stereocenters. The van der Waals surface area contributed by atoms with Gasteiger partial charge in [0.25, 0.3) is 13.4 Å². The molecular weight excluding hydrogens is 1800 g/mol. The molecule has 13 heterocycles. The van der Waals surface area contributed by atoms with Crippen LogP contribution < -0.4 is 68.1 Å². The van der Waals surface area contributed by atoms with Crippen molar-refractivity contribution in [1.82, 2.24) is 36.8 Å². The molecule has 0 amide bonds. The number of imidazole rings is 2. The van der Waals surface area contributed by atoms with Gasteiger partial charge >= 0.3 is 0 Å². The number of rotatable bonds is 6. The van der Waals surface area contributed by atoms with Crippen molar-refractivity contribution in [3.05, 3.63) is 455 Å².